The molecule has 0 bridgehead atoms. The summed E-state index contributed by atoms with van der Waals surface area (Å²) in [6.07, 6.45) is 1.55. The largest absolute Gasteiger partial charge is 0.467 e. The Labute approximate surface area is 149 Å². The van der Waals surface area contributed by atoms with Gasteiger partial charge in [0.15, 0.2) is 0 Å². The maximum atomic E-state index is 11.9. The molecule has 6 heteroatoms. The summed E-state index contributed by atoms with van der Waals surface area (Å²) in [6, 6.07) is 17.7. The lowest BCUT2D eigenvalue weighted by Crippen LogP contribution is -2.37. The summed E-state index contributed by atoms with van der Waals surface area (Å²) in [5, 5.41) is 7.61. The number of rotatable bonds is 7. The van der Waals surface area contributed by atoms with Gasteiger partial charge < -0.3 is 15.1 Å². The van der Waals surface area contributed by atoms with Crippen LogP contribution in [0, 0.1) is 0 Å². The van der Waals surface area contributed by atoms with Gasteiger partial charge in [0.05, 0.1) is 25.1 Å². The van der Waals surface area contributed by atoms with Crippen molar-refractivity contribution in [3.63, 3.8) is 0 Å². The highest BCUT2D eigenvalue weighted by Gasteiger charge is 2.07. The highest BCUT2D eigenvalue weighted by Crippen LogP contribution is 2.23. The van der Waals surface area contributed by atoms with E-state index in [2.05, 4.69) is 22.8 Å². The molecule has 1 aromatic heterocycles. The molecule has 0 radical (unpaired) electrons. The summed E-state index contributed by atoms with van der Waals surface area (Å²) in [5.41, 5.74) is 0. The molecule has 0 atom stereocenters. The Bertz CT molecular complexity index is 862. The first-order valence-corrected chi connectivity index (χ1v) is 8.86. The van der Waals surface area contributed by atoms with Crippen molar-refractivity contribution in [1.82, 2.24) is 10.6 Å². The van der Waals surface area contributed by atoms with E-state index < -0.39 is 0 Å². The molecule has 0 spiro atoms. The fraction of sp³-hybridized carbons (Fsp3) is 0.158. The van der Waals surface area contributed by atoms with Crippen molar-refractivity contribution in [2.45, 2.75) is 11.4 Å². The number of nitrogens with one attached hydrogen (secondary N) is 2. The minimum absolute atomic E-state index is 0.0438. The second kappa shape index (κ2) is 8.39. The molecule has 128 valence electrons. The molecule has 0 fully saturated rings. The van der Waals surface area contributed by atoms with Gasteiger partial charge in [0.1, 0.15) is 5.76 Å². The zero-order chi connectivity index (χ0) is 17.5. The zero-order valence-corrected chi connectivity index (χ0v) is 14.3. The highest BCUT2D eigenvalue weighted by atomic mass is 32.2. The average Bonchev–Trinajstić information content (AvgIpc) is 3.16. The topological polar surface area (TPSA) is 71.3 Å². The van der Waals surface area contributed by atoms with E-state index in [0.29, 0.717) is 12.3 Å². The Kier molecular flexibility index (Phi) is 5.74. The van der Waals surface area contributed by atoms with Gasteiger partial charge in [-0.05, 0) is 35.0 Å². The molecule has 0 saturated carbocycles. The van der Waals surface area contributed by atoms with Crippen molar-refractivity contribution in [1.29, 1.82) is 0 Å². The van der Waals surface area contributed by atoms with Crippen molar-refractivity contribution < 1.29 is 14.0 Å². The van der Waals surface area contributed by atoms with Crippen molar-refractivity contribution in [2.75, 3.05) is 12.3 Å². The third-order valence-electron chi connectivity index (χ3n) is 3.58. The fourth-order valence-electron chi connectivity index (χ4n) is 2.30. The maximum Gasteiger partial charge on any atom is 0.239 e. The van der Waals surface area contributed by atoms with Gasteiger partial charge >= 0.3 is 0 Å². The number of fused-ring (bicyclic) bond motifs is 1. The van der Waals surface area contributed by atoms with Crippen LogP contribution in [-0.4, -0.2) is 24.1 Å². The SMILES string of the molecule is O=C(CNC(=O)CSc1ccc2ccccc2c1)NCc1ccco1. The van der Waals surface area contributed by atoms with Gasteiger partial charge in [-0.1, -0.05) is 30.3 Å². The number of carbonyl (C=O) groups excluding carboxylic acids is 2. The lowest BCUT2D eigenvalue weighted by Gasteiger charge is -2.06. The standard InChI is InChI=1S/C19H18N2O3S/c22-18(20-11-16-6-3-9-24-16)12-21-19(23)13-25-17-8-7-14-4-1-2-5-15(14)10-17/h1-10H,11-13H2,(H,20,22)(H,21,23). The Morgan fingerprint density at radius 3 is 2.56 bits per heavy atom. The summed E-state index contributed by atoms with van der Waals surface area (Å²) < 4.78 is 5.12. The number of amides is 2. The van der Waals surface area contributed by atoms with Crippen LogP contribution < -0.4 is 10.6 Å². The van der Waals surface area contributed by atoms with Crippen LogP contribution in [0.15, 0.2) is 70.2 Å². The number of hydrogen-bond donors (Lipinski definition) is 2. The second-order valence-electron chi connectivity index (χ2n) is 5.43. The highest BCUT2D eigenvalue weighted by molar-refractivity contribution is 8.00. The molecule has 0 aliphatic heterocycles. The van der Waals surface area contributed by atoms with Gasteiger partial charge in [0.2, 0.25) is 11.8 Å². The smallest absolute Gasteiger partial charge is 0.239 e. The monoisotopic (exact) mass is 354 g/mol. The first-order valence-electron chi connectivity index (χ1n) is 7.88. The summed E-state index contributed by atoms with van der Waals surface area (Å²) in [4.78, 5) is 24.6. The lowest BCUT2D eigenvalue weighted by molar-refractivity contribution is -0.124. The molecule has 0 aliphatic carbocycles. The van der Waals surface area contributed by atoms with Gasteiger partial charge in [-0.25, -0.2) is 0 Å². The third-order valence-corrected chi connectivity index (χ3v) is 4.57. The zero-order valence-electron chi connectivity index (χ0n) is 13.5. The van der Waals surface area contributed by atoms with Gasteiger partial charge in [0, 0.05) is 4.90 Å². The van der Waals surface area contributed by atoms with Crippen LogP contribution in [0.3, 0.4) is 0 Å². The van der Waals surface area contributed by atoms with Gasteiger partial charge in [0.25, 0.3) is 0 Å². The molecule has 2 aromatic carbocycles. The Morgan fingerprint density at radius 1 is 0.920 bits per heavy atom. The summed E-state index contributed by atoms with van der Waals surface area (Å²) in [5.74, 6) is 0.516. The first kappa shape index (κ1) is 17.1. The number of hydrogen-bond acceptors (Lipinski definition) is 4. The van der Waals surface area contributed by atoms with Crippen molar-refractivity contribution >= 4 is 34.3 Å². The predicted molar refractivity (Wildman–Crippen MR) is 98.2 cm³/mol. The number of furan rings is 1. The molecule has 0 unspecified atom stereocenters. The van der Waals surface area contributed by atoms with E-state index in [1.165, 1.54) is 17.1 Å². The minimum Gasteiger partial charge on any atom is -0.467 e. The predicted octanol–water partition coefficient (Wildman–Crippen LogP) is 2.96. The van der Waals surface area contributed by atoms with Crippen molar-refractivity contribution in [3.05, 3.63) is 66.6 Å². The molecule has 25 heavy (non-hydrogen) atoms. The van der Waals surface area contributed by atoms with Gasteiger partial charge in [-0.3, -0.25) is 9.59 Å². The summed E-state index contributed by atoms with van der Waals surface area (Å²) in [7, 11) is 0. The minimum atomic E-state index is -0.250. The van der Waals surface area contributed by atoms with Crippen LogP contribution in [0.5, 0.6) is 0 Å². The number of benzene rings is 2. The number of thioether (sulfide) groups is 1. The van der Waals surface area contributed by atoms with Gasteiger partial charge in [-0.15, -0.1) is 11.8 Å². The molecule has 5 nitrogen and oxygen atoms in total. The quantitative estimate of drug-likeness (QED) is 0.640. The molecule has 2 N–H and O–H groups in total. The van der Waals surface area contributed by atoms with E-state index in [9.17, 15) is 9.59 Å². The maximum absolute atomic E-state index is 11.9. The van der Waals surface area contributed by atoms with E-state index >= 15 is 0 Å². The van der Waals surface area contributed by atoms with E-state index in [1.54, 1.807) is 18.4 Å². The Hall–Kier alpha value is -2.73. The normalized spacial score (nSPS) is 10.6. The van der Waals surface area contributed by atoms with Crippen LogP contribution in [0.1, 0.15) is 5.76 Å². The van der Waals surface area contributed by atoms with Crippen LogP contribution >= 0.6 is 11.8 Å². The second-order valence-corrected chi connectivity index (χ2v) is 6.48. The molecular weight excluding hydrogens is 336 g/mol. The van der Waals surface area contributed by atoms with E-state index in [4.69, 9.17) is 4.42 Å². The van der Waals surface area contributed by atoms with E-state index in [0.717, 1.165) is 10.3 Å². The van der Waals surface area contributed by atoms with Crippen LogP contribution in [0.2, 0.25) is 0 Å². The van der Waals surface area contributed by atoms with Crippen molar-refractivity contribution in [3.8, 4) is 0 Å². The molecule has 0 saturated heterocycles. The van der Waals surface area contributed by atoms with E-state index in [1.807, 2.05) is 30.3 Å². The molecule has 1 heterocycles. The van der Waals surface area contributed by atoms with Crippen LogP contribution in [0.25, 0.3) is 10.8 Å². The lowest BCUT2D eigenvalue weighted by atomic mass is 10.1. The Morgan fingerprint density at radius 2 is 1.76 bits per heavy atom. The van der Waals surface area contributed by atoms with Crippen LogP contribution in [-0.2, 0) is 16.1 Å². The molecule has 3 aromatic rings. The molecular formula is C19H18N2O3S. The fourth-order valence-corrected chi connectivity index (χ4v) is 3.07. The average molecular weight is 354 g/mol. The molecule has 3 rings (SSSR count). The number of carbonyl (C=O) groups is 2. The van der Waals surface area contributed by atoms with Crippen LogP contribution in [0.4, 0.5) is 0 Å². The summed E-state index contributed by atoms with van der Waals surface area (Å²) >= 11 is 1.45. The van der Waals surface area contributed by atoms with Gasteiger partial charge in [-0.2, -0.15) is 0 Å². The Balaban J connectivity index is 1.40. The summed E-state index contributed by atoms with van der Waals surface area (Å²) in [6.45, 7) is 0.269. The molecule has 2 amide bonds. The first-order chi connectivity index (χ1) is 12.2. The molecule has 0 aliphatic rings. The van der Waals surface area contributed by atoms with Crippen molar-refractivity contribution in [2.24, 2.45) is 0 Å². The third kappa shape index (κ3) is 5.12. The van der Waals surface area contributed by atoms with E-state index in [-0.39, 0.29) is 24.1 Å².